The molecule has 0 aliphatic heterocycles. The molecule has 3 N–H and O–H groups in total. The van der Waals surface area contributed by atoms with E-state index in [0.717, 1.165) is 6.42 Å². The first-order valence-corrected chi connectivity index (χ1v) is 6.38. The van der Waals surface area contributed by atoms with Gasteiger partial charge in [-0.25, -0.2) is 0 Å². The summed E-state index contributed by atoms with van der Waals surface area (Å²) in [6, 6.07) is 0. The molecule has 0 spiro atoms. The second-order valence-corrected chi connectivity index (χ2v) is 5.65. The van der Waals surface area contributed by atoms with Crippen molar-refractivity contribution < 1.29 is 19.4 Å². The zero-order valence-corrected chi connectivity index (χ0v) is 12.0. The minimum absolute atomic E-state index is 0.118. The van der Waals surface area contributed by atoms with Crippen LogP contribution in [-0.2, 0) is 14.3 Å². The minimum Gasteiger partial charge on any atom is -0.481 e. The molecule has 0 unspecified atom stereocenters. The molecule has 0 amide bonds. The second kappa shape index (κ2) is 7.71. The molecule has 5 heteroatoms. The molecule has 5 nitrogen and oxygen atoms in total. The van der Waals surface area contributed by atoms with Crippen LogP contribution in [0.2, 0.25) is 0 Å². The van der Waals surface area contributed by atoms with E-state index in [1.165, 1.54) is 0 Å². The first kappa shape index (κ1) is 17.4. The lowest BCUT2D eigenvalue weighted by Gasteiger charge is -2.28. The lowest BCUT2D eigenvalue weighted by molar-refractivity contribution is -0.139. The van der Waals surface area contributed by atoms with E-state index in [4.69, 9.17) is 20.3 Å². The lowest BCUT2D eigenvalue weighted by Crippen LogP contribution is -2.32. The Kier molecular flexibility index (Phi) is 7.43. The summed E-state index contributed by atoms with van der Waals surface area (Å²) in [5, 5.41) is 8.62. The van der Waals surface area contributed by atoms with Crippen molar-refractivity contribution in [2.75, 3.05) is 19.8 Å². The third-order valence-corrected chi connectivity index (χ3v) is 2.76. The van der Waals surface area contributed by atoms with Gasteiger partial charge in [0.15, 0.2) is 0 Å². The Morgan fingerprint density at radius 2 is 1.50 bits per heavy atom. The molecule has 0 aromatic heterocycles. The molecule has 0 aromatic carbocycles. The molecular formula is C13H27NO4. The number of ether oxygens (including phenoxy) is 2. The van der Waals surface area contributed by atoms with Gasteiger partial charge in [0.25, 0.3) is 0 Å². The van der Waals surface area contributed by atoms with Crippen LogP contribution in [0.15, 0.2) is 0 Å². The Morgan fingerprint density at radius 3 is 1.89 bits per heavy atom. The van der Waals surface area contributed by atoms with E-state index in [0.29, 0.717) is 26.2 Å². The number of aliphatic carboxylic acids is 1. The smallest absolute Gasteiger partial charge is 0.303 e. The van der Waals surface area contributed by atoms with Gasteiger partial charge in [0.1, 0.15) is 0 Å². The van der Waals surface area contributed by atoms with Crippen molar-refractivity contribution in [3.8, 4) is 0 Å². The number of carboxylic acids is 1. The molecule has 0 saturated heterocycles. The van der Waals surface area contributed by atoms with E-state index in [-0.39, 0.29) is 12.0 Å². The maximum Gasteiger partial charge on any atom is 0.303 e. The zero-order chi connectivity index (χ0) is 14.2. The Hall–Kier alpha value is -0.650. The van der Waals surface area contributed by atoms with E-state index in [1.54, 1.807) is 0 Å². The van der Waals surface area contributed by atoms with Gasteiger partial charge in [0, 0.05) is 6.42 Å². The molecule has 0 saturated carbocycles. The molecule has 0 aliphatic rings. The van der Waals surface area contributed by atoms with E-state index in [9.17, 15) is 4.79 Å². The summed E-state index contributed by atoms with van der Waals surface area (Å²) in [4.78, 5) is 10.5. The molecule has 0 fully saturated rings. The van der Waals surface area contributed by atoms with Gasteiger partial charge >= 0.3 is 5.97 Å². The van der Waals surface area contributed by atoms with Crippen molar-refractivity contribution in [1.29, 1.82) is 0 Å². The number of nitrogens with two attached hydrogens (primary N) is 1. The molecule has 108 valence electrons. The van der Waals surface area contributed by atoms with Crippen LogP contribution in [-0.4, -0.2) is 42.0 Å². The van der Waals surface area contributed by atoms with Crippen molar-refractivity contribution in [2.45, 2.75) is 58.2 Å². The molecule has 0 atom stereocenters. The molecule has 0 radical (unpaired) electrons. The van der Waals surface area contributed by atoms with E-state index in [2.05, 4.69) is 0 Å². The first-order valence-electron chi connectivity index (χ1n) is 6.38. The van der Waals surface area contributed by atoms with Gasteiger partial charge in [-0.15, -0.1) is 0 Å². The monoisotopic (exact) mass is 261 g/mol. The van der Waals surface area contributed by atoms with Crippen molar-refractivity contribution >= 4 is 5.97 Å². The fraction of sp³-hybridized carbons (Fsp3) is 0.923. The lowest BCUT2D eigenvalue weighted by atomic mass is 10.0. The van der Waals surface area contributed by atoms with Crippen molar-refractivity contribution in [3.63, 3.8) is 0 Å². The SMILES string of the molecule is CC(C)(CCN)OCCOC(C)(C)CCC(=O)O. The van der Waals surface area contributed by atoms with Crippen molar-refractivity contribution in [1.82, 2.24) is 0 Å². The second-order valence-electron chi connectivity index (χ2n) is 5.65. The fourth-order valence-electron chi connectivity index (χ4n) is 1.54. The molecule has 0 rings (SSSR count). The van der Waals surface area contributed by atoms with Gasteiger partial charge in [-0.3, -0.25) is 4.79 Å². The predicted octanol–water partition coefficient (Wildman–Crippen LogP) is 1.79. The summed E-state index contributed by atoms with van der Waals surface area (Å²) in [6.45, 7) is 9.31. The highest BCUT2D eigenvalue weighted by molar-refractivity contribution is 5.66. The van der Waals surface area contributed by atoms with Crippen LogP contribution in [0.5, 0.6) is 0 Å². The van der Waals surface area contributed by atoms with Crippen LogP contribution in [0, 0.1) is 0 Å². The largest absolute Gasteiger partial charge is 0.481 e. The minimum atomic E-state index is -0.799. The van der Waals surface area contributed by atoms with E-state index in [1.807, 2.05) is 27.7 Å². The standard InChI is InChI=1S/C13H27NO4/c1-12(2,6-5-11(15)16)17-9-10-18-13(3,4)7-8-14/h5-10,14H2,1-4H3,(H,15,16). The van der Waals surface area contributed by atoms with Gasteiger partial charge in [-0.2, -0.15) is 0 Å². The Morgan fingerprint density at radius 1 is 1.06 bits per heavy atom. The maximum atomic E-state index is 10.5. The van der Waals surface area contributed by atoms with E-state index < -0.39 is 11.6 Å². The Labute approximate surface area is 110 Å². The molecular weight excluding hydrogens is 234 g/mol. The third kappa shape index (κ3) is 9.39. The summed E-state index contributed by atoms with van der Waals surface area (Å²) in [5.74, 6) is -0.799. The number of hydrogen-bond donors (Lipinski definition) is 2. The van der Waals surface area contributed by atoms with E-state index >= 15 is 0 Å². The van der Waals surface area contributed by atoms with Crippen molar-refractivity contribution in [3.05, 3.63) is 0 Å². The van der Waals surface area contributed by atoms with Crippen LogP contribution in [0.4, 0.5) is 0 Å². The van der Waals surface area contributed by atoms with Gasteiger partial charge < -0.3 is 20.3 Å². The van der Waals surface area contributed by atoms with Crippen LogP contribution < -0.4 is 5.73 Å². The normalized spacial score (nSPS) is 12.7. The Bertz CT molecular complexity index is 251. The van der Waals surface area contributed by atoms with Gasteiger partial charge in [0.05, 0.1) is 24.4 Å². The molecule has 0 aliphatic carbocycles. The molecule has 0 heterocycles. The molecule has 0 bridgehead atoms. The van der Waals surface area contributed by atoms with Gasteiger partial charge in [-0.05, 0) is 47.1 Å². The van der Waals surface area contributed by atoms with Crippen LogP contribution in [0.3, 0.4) is 0 Å². The quantitative estimate of drug-likeness (QED) is 0.586. The average molecular weight is 261 g/mol. The summed E-state index contributed by atoms with van der Waals surface area (Å²) < 4.78 is 11.3. The van der Waals surface area contributed by atoms with Crippen molar-refractivity contribution in [2.24, 2.45) is 5.73 Å². The predicted molar refractivity (Wildman–Crippen MR) is 70.6 cm³/mol. The highest BCUT2D eigenvalue weighted by Gasteiger charge is 2.21. The van der Waals surface area contributed by atoms with Crippen LogP contribution in [0.25, 0.3) is 0 Å². The summed E-state index contributed by atoms with van der Waals surface area (Å²) in [6.07, 6.45) is 1.41. The highest BCUT2D eigenvalue weighted by Crippen LogP contribution is 2.17. The zero-order valence-electron chi connectivity index (χ0n) is 12.0. The van der Waals surface area contributed by atoms with Gasteiger partial charge in [-0.1, -0.05) is 0 Å². The summed E-state index contributed by atoms with van der Waals surface area (Å²) >= 11 is 0. The van der Waals surface area contributed by atoms with Gasteiger partial charge in [0.2, 0.25) is 0 Å². The number of carboxylic acid groups (broad SMARTS) is 1. The maximum absolute atomic E-state index is 10.5. The Balaban J connectivity index is 3.79. The first-order chi connectivity index (χ1) is 8.18. The third-order valence-electron chi connectivity index (χ3n) is 2.76. The average Bonchev–Trinajstić information content (AvgIpc) is 2.22. The summed E-state index contributed by atoms with van der Waals surface area (Å²) in [7, 11) is 0. The van der Waals surface area contributed by atoms with Crippen LogP contribution in [0.1, 0.15) is 47.0 Å². The number of hydrogen-bond acceptors (Lipinski definition) is 4. The molecule has 0 aromatic rings. The highest BCUT2D eigenvalue weighted by atomic mass is 16.5. The molecule has 18 heavy (non-hydrogen) atoms. The summed E-state index contributed by atoms with van der Waals surface area (Å²) in [5.41, 5.74) is 4.83. The number of carbonyl (C=O) groups is 1. The topological polar surface area (TPSA) is 81.8 Å². The fourth-order valence-corrected chi connectivity index (χ4v) is 1.54. The number of rotatable bonds is 10. The van der Waals surface area contributed by atoms with Crippen LogP contribution >= 0.6 is 0 Å².